The molecule has 1 fully saturated rings. The molecule has 0 saturated carbocycles. The Bertz CT molecular complexity index is 176. The average molecular weight is 202 g/mol. The predicted molar refractivity (Wildman–Crippen MR) is 58.2 cm³/mol. The summed E-state index contributed by atoms with van der Waals surface area (Å²) in [6.45, 7) is 3.41. The smallest absolute Gasteiger partial charge is 0.124 e. The monoisotopic (exact) mass is 202 g/mol. The lowest BCUT2D eigenvalue weighted by Gasteiger charge is -2.21. The van der Waals surface area contributed by atoms with Crippen LogP contribution < -0.4 is 5.32 Å². The van der Waals surface area contributed by atoms with Gasteiger partial charge in [0.15, 0.2) is 0 Å². The van der Waals surface area contributed by atoms with Crippen molar-refractivity contribution in [2.45, 2.75) is 18.1 Å². The molecule has 2 heterocycles. The van der Waals surface area contributed by atoms with Crippen LogP contribution in [0.5, 0.6) is 0 Å². The Kier molecular flexibility index (Phi) is 3.37. The van der Waals surface area contributed by atoms with Crippen molar-refractivity contribution in [2.24, 2.45) is 4.99 Å². The van der Waals surface area contributed by atoms with Crippen LogP contribution in [0.15, 0.2) is 4.99 Å². The topological polar surface area (TPSA) is 24.4 Å². The lowest BCUT2D eigenvalue weighted by Crippen LogP contribution is -2.31. The molecule has 0 aliphatic carbocycles. The Morgan fingerprint density at radius 1 is 1.58 bits per heavy atom. The Balaban J connectivity index is 1.77. The molecule has 68 valence electrons. The van der Waals surface area contributed by atoms with Gasteiger partial charge in [-0.2, -0.15) is 0 Å². The summed E-state index contributed by atoms with van der Waals surface area (Å²) < 4.78 is 1.32. The van der Waals surface area contributed by atoms with Crippen LogP contribution >= 0.6 is 23.5 Å². The van der Waals surface area contributed by atoms with E-state index >= 15 is 0 Å². The first-order chi connectivity index (χ1) is 5.95. The van der Waals surface area contributed by atoms with Crippen LogP contribution in [0, 0.1) is 0 Å². The second kappa shape index (κ2) is 4.53. The number of thioether (sulfide) groups is 2. The zero-order valence-corrected chi connectivity index (χ0v) is 8.72. The van der Waals surface area contributed by atoms with Gasteiger partial charge in [-0.15, -0.1) is 0 Å². The molecule has 1 saturated heterocycles. The minimum absolute atomic E-state index is 0.781. The van der Waals surface area contributed by atoms with Gasteiger partial charge < -0.3 is 5.32 Å². The summed E-state index contributed by atoms with van der Waals surface area (Å²) in [7, 11) is 0. The van der Waals surface area contributed by atoms with Gasteiger partial charge in [-0.05, 0) is 19.4 Å². The standard InChI is InChI=1S/C8H14N2S2/c1-2-7(6-9-3-1)12-8-10-4-5-11-8/h7,9H,1-6H2/t7-/m0/s1. The average Bonchev–Trinajstić information content (AvgIpc) is 2.59. The molecule has 0 amide bonds. The molecule has 0 spiro atoms. The first-order valence-corrected chi connectivity index (χ1v) is 6.36. The number of hydrogen-bond acceptors (Lipinski definition) is 4. The van der Waals surface area contributed by atoms with Crippen LogP contribution in [0.2, 0.25) is 0 Å². The van der Waals surface area contributed by atoms with Crippen molar-refractivity contribution in [1.29, 1.82) is 0 Å². The van der Waals surface area contributed by atoms with Crippen LogP contribution in [-0.2, 0) is 0 Å². The Morgan fingerprint density at radius 3 is 3.25 bits per heavy atom. The lowest BCUT2D eigenvalue weighted by molar-refractivity contribution is 0.532. The van der Waals surface area contributed by atoms with E-state index < -0.39 is 0 Å². The van der Waals surface area contributed by atoms with E-state index in [1.165, 1.54) is 36.1 Å². The summed E-state index contributed by atoms with van der Waals surface area (Å²) in [4.78, 5) is 4.44. The molecule has 0 aromatic heterocycles. The molecule has 0 aromatic carbocycles. The molecule has 1 atom stereocenters. The molecule has 0 radical (unpaired) electrons. The maximum atomic E-state index is 4.44. The molecule has 2 nitrogen and oxygen atoms in total. The van der Waals surface area contributed by atoms with Crippen molar-refractivity contribution < 1.29 is 0 Å². The minimum atomic E-state index is 0.781. The van der Waals surface area contributed by atoms with Crippen molar-refractivity contribution in [2.75, 3.05) is 25.4 Å². The van der Waals surface area contributed by atoms with Gasteiger partial charge in [-0.3, -0.25) is 4.99 Å². The van der Waals surface area contributed by atoms with E-state index in [1.54, 1.807) is 0 Å². The Hall–Kier alpha value is 0.330. The number of rotatable bonds is 1. The number of nitrogens with zero attached hydrogens (tertiary/aromatic N) is 1. The summed E-state index contributed by atoms with van der Waals surface area (Å²) in [6, 6.07) is 0. The third-order valence-electron chi connectivity index (χ3n) is 2.08. The maximum absolute atomic E-state index is 4.44. The van der Waals surface area contributed by atoms with E-state index in [-0.39, 0.29) is 0 Å². The fraction of sp³-hybridized carbons (Fsp3) is 0.875. The molecule has 4 heteroatoms. The highest BCUT2D eigenvalue weighted by molar-refractivity contribution is 8.39. The summed E-state index contributed by atoms with van der Waals surface area (Å²) in [5.41, 5.74) is 0. The summed E-state index contributed by atoms with van der Waals surface area (Å²) in [6.07, 6.45) is 2.69. The second-order valence-corrected chi connectivity index (χ2v) is 5.71. The highest BCUT2D eigenvalue weighted by Crippen LogP contribution is 2.28. The molecule has 12 heavy (non-hydrogen) atoms. The van der Waals surface area contributed by atoms with Gasteiger partial charge in [-0.1, -0.05) is 23.5 Å². The molecule has 2 rings (SSSR count). The molecule has 0 aromatic rings. The number of hydrogen-bond donors (Lipinski definition) is 1. The van der Waals surface area contributed by atoms with Crippen LogP contribution in [0.3, 0.4) is 0 Å². The second-order valence-electron chi connectivity index (χ2n) is 3.08. The minimum Gasteiger partial charge on any atom is -0.316 e. The van der Waals surface area contributed by atoms with E-state index in [2.05, 4.69) is 10.3 Å². The van der Waals surface area contributed by atoms with Crippen LogP contribution in [0.1, 0.15) is 12.8 Å². The van der Waals surface area contributed by atoms with Crippen LogP contribution in [0.25, 0.3) is 0 Å². The summed E-state index contributed by atoms with van der Waals surface area (Å²) >= 11 is 3.90. The van der Waals surface area contributed by atoms with Gasteiger partial charge in [0.2, 0.25) is 0 Å². The van der Waals surface area contributed by atoms with Crippen LogP contribution in [0.4, 0.5) is 0 Å². The highest BCUT2D eigenvalue weighted by Gasteiger charge is 2.17. The van der Waals surface area contributed by atoms with E-state index in [9.17, 15) is 0 Å². The molecular formula is C8H14N2S2. The van der Waals surface area contributed by atoms with Gasteiger partial charge in [0.1, 0.15) is 4.38 Å². The molecule has 0 bridgehead atoms. The van der Waals surface area contributed by atoms with Crippen LogP contribution in [-0.4, -0.2) is 35.0 Å². The van der Waals surface area contributed by atoms with Crippen molar-refractivity contribution in [1.82, 2.24) is 5.32 Å². The van der Waals surface area contributed by atoms with Crippen molar-refractivity contribution in [3.05, 3.63) is 0 Å². The predicted octanol–water partition coefficient (Wildman–Crippen LogP) is 1.57. The number of aliphatic imine (C=N–C) groups is 1. The maximum Gasteiger partial charge on any atom is 0.124 e. The van der Waals surface area contributed by atoms with Gasteiger partial charge in [-0.25, -0.2) is 0 Å². The molecule has 0 unspecified atom stereocenters. The molecule has 1 N–H and O–H groups in total. The van der Waals surface area contributed by atoms with Crippen molar-refractivity contribution in [3.63, 3.8) is 0 Å². The summed E-state index contributed by atoms with van der Waals surface area (Å²) in [5.74, 6) is 1.20. The number of piperidine rings is 1. The molecular weight excluding hydrogens is 188 g/mol. The quantitative estimate of drug-likeness (QED) is 0.698. The van der Waals surface area contributed by atoms with E-state index in [4.69, 9.17) is 0 Å². The van der Waals surface area contributed by atoms with Gasteiger partial charge in [0.25, 0.3) is 0 Å². The molecule has 2 aliphatic rings. The third kappa shape index (κ3) is 2.41. The fourth-order valence-electron chi connectivity index (χ4n) is 1.45. The zero-order chi connectivity index (χ0) is 8.23. The summed E-state index contributed by atoms with van der Waals surface area (Å²) in [5, 5.41) is 4.20. The largest absolute Gasteiger partial charge is 0.316 e. The normalized spacial score (nSPS) is 30.3. The van der Waals surface area contributed by atoms with E-state index in [0.717, 1.165) is 11.8 Å². The fourth-order valence-corrected chi connectivity index (χ4v) is 3.86. The highest BCUT2D eigenvalue weighted by atomic mass is 32.2. The Morgan fingerprint density at radius 2 is 2.58 bits per heavy atom. The van der Waals surface area contributed by atoms with Gasteiger partial charge in [0.05, 0.1) is 6.54 Å². The van der Waals surface area contributed by atoms with E-state index in [1.807, 2.05) is 23.5 Å². The Labute approximate surface area is 82.0 Å². The van der Waals surface area contributed by atoms with Crippen molar-refractivity contribution >= 4 is 27.9 Å². The molecule has 2 aliphatic heterocycles. The van der Waals surface area contributed by atoms with Gasteiger partial charge >= 0.3 is 0 Å². The van der Waals surface area contributed by atoms with E-state index in [0.29, 0.717) is 0 Å². The number of nitrogens with one attached hydrogen (secondary N) is 1. The van der Waals surface area contributed by atoms with Crippen molar-refractivity contribution in [3.8, 4) is 0 Å². The first kappa shape index (κ1) is 8.91. The third-order valence-corrected chi connectivity index (χ3v) is 4.55. The zero-order valence-electron chi connectivity index (χ0n) is 7.08. The SMILES string of the molecule is C1CNC[C@@H](SC2=NCCS2)C1. The lowest BCUT2D eigenvalue weighted by atomic mass is 10.2. The van der Waals surface area contributed by atoms with Gasteiger partial charge in [0, 0.05) is 17.5 Å². The first-order valence-electron chi connectivity index (χ1n) is 4.50.